The largest absolute Gasteiger partial charge is 0.463 e. The zero-order chi connectivity index (χ0) is 13.8. The second-order valence-corrected chi connectivity index (χ2v) is 4.02. The summed E-state index contributed by atoms with van der Waals surface area (Å²) >= 11 is 5.71. The molecule has 0 aliphatic rings. The van der Waals surface area contributed by atoms with E-state index in [4.69, 9.17) is 16.3 Å². The second kappa shape index (κ2) is 5.88. The molecule has 0 bridgehead atoms. The summed E-state index contributed by atoms with van der Waals surface area (Å²) in [5.41, 5.74) is -0.0920. The predicted octanol–water partition coefficient (Wildman–Crippen LogP) is 3.26. The van der Waals surface area contributed by atoms with E-state index in [2.05, 4.69) is 15.0 Å². The smallest absolute Gasteiger partial charge is 0.321 e. The Kier molecular flexibility index (Phi) is 4.21. The first-order valence-corrected chi connectivity index (χ1v) is 5.97. The van der Waals surface area contributed by atoms with E-state index in [0.717, 1.165) is 24.6 Å². The molecule has 1 heterocycles. The Morgan fingerprint density at radius 2 is 2.00 bits per heavy atom. The summed E-state index contributed by atoms with van der Waals surface area (Å²) in [5.74, 6) is -1.31. The van der Waals surface area contributed by atoms with E-state index in [1.807, 2.05) is 6.92 Å². The van der Waals surface area contributed by atoms with Crippen molar-refractivity contribution < 1.29 is 13.5 Å². The highest BCUT2D eigenvalue weighted by atomic mass is 35.5. The van der Waals surface area contributed by atoms with Gasteiger partial charge >= 0.3 is 6.01 Å². The molecule has 2 rings (SSSR count). The van der Waals surface area contributed by atoms with Crippen molar-refractivity contribution in [3.05, 3.63) is 35.1 Å². The topological polar surface area (TPSA) is 47.9 Å². The predicted molar refractivity (Wildman–Crippen MR) is 66.0 cm³/mol. The first-order chi connectivity index (χ1) is 9.10. The highest BCUT2D eigenvalue weighted by Gasteiger charge is 2.13. The number of nitrogens with zero attached hydrogens (tertiary/aromatic N) is 3. The molecule has 0 unspecified atom stereocenters. The van der Waals surface area contributed by atoms with Gasteiger partial charge in [-0.05, 0) is 36.2 Å². The van der Waals surface area contributed by atoms with Crippen molar-refractivity contribution in [3.63, 3.8) is 0 Å². The van der Waals surface area contributed by atoms with Gasteiger partial charge in [0.25, 0.3) is 0 Å². The van der Waals surface area contributed by atoms with Gasteiger partial charge in [0.2, 0.25) is 5.28 Å². The molecule has 0 spiro atoms. The number of hydrogen-bond acceptors (Lipinski definition) is 4. The number of rotatable bonds is 4. The van der Waals surface area contributed by atoms with Gasteiger partial charge in [0.1, 0.15) is 11.6 Å². The first-order valence-electron chi connectivity index (χ1n) is 5.60. The second-order valence-electron chi connectivity index (χ2n) is 3.68. The molecule has 1 aromatic heterocycles. The average Bonchev–Trinajstić information content (AvgIpc) is 2.38. The quantitative estimate of drug-likeness (QED) is 0.865. The molecule has 1 aromatic carbocycles. The molecule has 0 amide bonds. The van der Waals surface area contributed by atoms with Crippen LogP contribution in [0.3, 0.4) is 0 Å². The molecule has 0 radical (unpaired) electrons. The third-order valence-electron chi connectivity index (χ3n) is 2.19. The van der Waals surface area contributed by atoms with Crippen LogP contribution in [0.4, 0.5) is 8.78 Å². The van der Waals surface area contributed by atoms with Gasteiger partial charge in [0.15, 0.2) is 5.82 Å². The Hall–Kier alpha value is -1.82. The molecular formula is C12H10ClF2N3O. The van der Waals surface area contributed by atoms with Crippen LogP contribution in [-0.2, 0) is 0 Å². The molecular weight excluding hydrogens is 276 g/mol. The lowest BCUT2D eigenvalue weighted by molar-refractivity contribution is 0.291. The molecule has 100 valence electrons. The Morgan fingerprint density at radius 1 is 1.21 bits per heavy atom. The Labute approximate surface area is 113 Å². The van der Waals surface area contributed by atoms with E-state index in [1.54, 1.807) is 0 Å². The van der Waals surface area contributed by atoms with Crippen molar-refractivity contribution in [2.45, 2.75) is 13.3 Å². The average molecular weight is 286 g/mol. The van der Waals surface area contributed by atoms with Gasteiger partial charge in [-0.2, -0.15) is 15.0 Å². The standard InChI is InChI=1S/C12H10ClF2N3O/c1-2-5-19-12-17-10(16-11(13)18-12)8-6-7(14)3-4-9(8)15/h3-4,6H,2,5H2,1H3. The van der Waals surface area contributed by atoms with Gasteiger partial charge in [-0.3, -0.25) is 0 Å². The van der Waals surface area contributed by atoms with Crippen molar-refractivity contribution in [2.24, 2.45) is 0 Å². The highest BCUT2D eigenvalue weighted by molar-refractivity contribution is 6.28. The molecule has 0 atom stereocenters. The molecule has 19 heavy (non-hydrogen) atoms. The van der Waals surface area contributed by atoms with E-state index < -0.39 is 11.6 Å². The minimum atomic E-state index is -0.648. The van der Waals surface area contributed by atoms with Gasteiger partial charge in [-0.15, -0.1) is 0 Å². The number of hydrogen-bond donors (Lipinski definition) is 0. The maximum atomic E-state index is 13.6. The fraction of sp³-hybridized carbons (Fsp3) is 0.250. The zero-order valence-electron chi connectivity index (χ0n) is 10.0. The SMILES string of the molecule is CCCOc1nc(Cl)nc(-c2cc(F)ccc2F)n1. The van der Waals surface area contributed by atoms with Gasteiger partial charge < -0.3 is 4.74 Å². The van der Waals surface area contributed by atoms with Crippen molar-refractivity contribution in [1.29, 1.82) is 0 Å². The fourth-order valence-corrected chi connectivity index (χ4v) is 1.53. The van der Waals surface area contributed by atoms with E-state index in [-0.39, 0.29) is 22.7 Å². The molecule has 0 saturated carbocycles. The summed E-state index contributed by atoms with van der Waals surface area (Å²) in [5, 5.41) is -0.139. The van der Waals surface area contributed by atoms with E-state index in [0.29, 0.717) is 6.61 Å². The van der Waals surface area contributed by atoms with E-state index in [1.165, 1.54) is 0 Å². The summed E-state index contributed by atoms with van der Waals surface area (Å²) < 4.78 is 32.0. The monoisotopic (exact) mass is 285 g/mol. The van der Waals surface area contributed by atoms with Crippen LogP contribution in [0.2, 0.25) is 5.28 Å². The van der Waals surface area contributed by atoms with Crippen molar-refractivity contribution >= 4 is 11.6 Å². The molecule has 0 aliphatic carbocycles. The van der Waals surface area contributed by atoms with Gasteiger partial charge in [0, 0.05) is 0 Å². The highest BCUT2D eigenvalue weighted by Crippen LogP contribution is 2.22. The molecule has 0 aliphatic heterocycles. The Morgan fingerprint density at radius 3 is 2.74 bits per heavy atom. The Balaban J connectivity index is 2.43. The lowest BCUT2D eigenvalue weighted by atomic mass is 10.2. The van der Waals surface area contributed by atoms with Crippen LogP contribution in [0.1, 0.15) is 13.3 Å². The van der Waals surface area contributed by atoms with Crippen LogP contribution in [0.5, 0.6) is 6.01 Å². The fourth-order valence-electron chi connectivity index (χ4n) is 1.38. The van der Waals surface area contributed by atoms with Crippen LogP contribution in [0.15, 0.2) is 18.2 Å². The summed E-state index contributed by atoms with van der Waals surface area (Å²) in [6.45, 7) is 2.31. The normalized spacial score (nSPS) is 10.5. The number of benzene rings is 1. The number of halogens is 3. The lowest BCUT2D eigenvalue weighted by Crippen LogP contribution is -2.03. The molecule has 0 N–H and O–H groups in total. The number of aromatic nitrogens is 3. The van der Waals surface area contributed by atoms with Gasteiger partial charge in [0.05, 0.1) is 12.2 Å². The van der Waals surface area contributed by atoms with Crippen LogP contribution in [0, 0.1) is 11.6 Å². The minimum absolute atomic E-state index is 0.0134. The van der Waals surface area contributed by atoms with Crippen LogP contribution < -0.4 is 4.74 Å². The minimum Gasteiger partial charge on any atom is -0.463 e. The van der Waals surface area contributed by atoms with Gasteiger partial charge in [-0.1, -0.05) is 6.92 Å². The van der Waals surface area contributed by atoms with E-state index in [9.17, 15) is 8.78 Å². The number of ether oxygens (including phenoxy) is 1. The summed E-state index contributed by atoms with van der Waals surface area (Å²) in [7, 11) is 0. The third-order valence-corrected chi connectivity index (χ3v) is 2.36. The zero-order valence-corrected chi connectivity index (χ0v) is 10.8. The van der Waals surface area contributed by atoms with Crippen molar-refractivity contribution in [3.8, 4) is 17.4 Å². The summed E-state index contributed by atoms with van der Waals surface area (Å²) in [4.78, 5) is 11.4. The van der Waals surface area contributed by atoms with Gasteiger partial charge in [-0.25, -0.2) is 8.78 Å². The summed E-state index contributed by atoms with van der Waals surface area (Å²) in [6, 6.07) is 2.98. The van der Waals surface area contributed by atoms with Crippen LogP contribution in [-0.4, -0.2) is 21.6 Å². The van der Waals surface area contributed by atoms with Crippen molar-refractivity contribution in [1.82, 2.24) is 15.0 Å². The Bertz CT molecular complexity index is 595. The lowest BCUT2D eigenvalue weighted by Gasteiger charge is -2.06. The maximum absolute atomic E-state index is 13.6. The summed E-state index contributed by atoms with van der Waals surface area (Å²) in [6.07, 6.45) is 0.757. The molecule has 4 nitrogen and oxygen atoms in total. The molecule has 2 aromatic rings. The van der Waals surface area contributed by atoms with Crippen LogP contribution in [0.25, 0.3) is 11.4 Å². The van der Waals surface area contributed by atoms with Crippen LogP contribution >= 0.6 is 11.6 Å². The first kappa shape index (κ1) is 13.6. The third kappa shape index (κ3) is 3.35. The molecule has 0 saturated heterocycles. The van der Waals surface area contributed by atoms with Crippen molar-refractivity contribution in [2.75, 3.05) is 6.61 Å². The molecule has 7 heteroatoms. The maximum Gasteiger partial charge on any atom is 0.321 e. The molecule has 0 fully saturated rings. The van der Waals surface area contributed by atoms with E-state index >= 15 is 0 Å².